The molecule has 4 aromatic carbocycles. The minimum absolute atomic E-state index is 0.0215. The number of hydrogen-bond donors (Lipinski definition) is 10. The number of amides is 3. The van der Waals surface area contributed by atoms with Crippen molar-refractivity contribution in [3.8, 4) is 28.7 Å². The maximum Gasteiger partial charge on any atom is 0.501 e. The molecule has 11 N–H and O–H groups in total. The van der Waals surface area contributed by atoms with Crippen LogP contribution in [0.3, 0.4) is 0 Å². The summed E-state index contributed by atoms with van der Waals surface area (Å²) in [5.41, 5.74) is 6.01. The van der Waals surface area contributed by atoms with E-state index in [9.17, 15) is 73.2 Å². The molecule has 2 fully saturated rings. The number of anilines is 2. The van der Waals surface area contributed by atoms with Gasteiger partial charge in [0.1, 0.15) is 59.5 Å². The third-order valence-corrected chi connectivity index (χ3v) is 16.3. The Hall–Kier alpha value is -7.98. The fraction of sp³-hybridized carbons (Fsp3) is 0.424. The average Bonchev–Trinajstić information content (AvgIpc) is 1.53. The number of carbonyl (C=O) groups is 5. The molecule has 31 heteroatoms. The first-order valence-electron chi connectivity index (χ1n) is 27.8. The zero-order valence-electron chi connectivity index (χ0n) is 49.1. The highest BCUT2D eigenvalue weighted by Crippen LogP contribution is 2.48. The van der Waals surface area contributed by atoms with Crippen molar-refractivity contribution in [1.29, 1.82) is 0 Å². The molecule has 9 rings (SSSR count). The van der Waals surface area contributed by atoms with Gasteiger partial charge in [-0.05, 0) is 90.3 Å². The highest BCUT2D eigenvalue weighted by Gasteiger charge is 2.50. The number of imidazole rings is 1. The fourth-order valence-electron chi connectivity index (χ4n) is 10.4. The van der Waals surface area contributed by atoms with E-state index >= 15 is 0 Å². The van der Waals surface area contributed by atoms with Gasteiger partial charge in [0.25, 0.3) is 17.7 Å². The predicted octanol–water partition coefficient (Wildman–Crippen LogP) is 2.08. The van der Waals surface area contributed by atoms with E-state index in [0.29, 0.717) is 29.9 Å². The number of benzene rings is 4. The molecule has 0 bridgehead atoms. The lowest BCUT2D eigenvalue weighted by Crippen LogP contribution is -2.61. The number of methoxy groups -OCH3 is 1. The number of nitrogens with one attached hydrogen (secondary N) is 1. The zero-order chi connectivity index (χ0) is 65.5. The second-order valence-electron chi connectivity index (χ2n) is 23.4. The second kappa shape index (κ2) is 26.5. The number of carboxylic acids is 2. The highest BCUT2D eigenvalue weighted by molar-refractivity contribution is 7.82. The number of carbonyl (C=O) groups excluding carboxylic acids is 3. The molecule has 5 heterocycles. The second-order valence-corrected chi connectivity index (χ2v) is 24.9. The Morgan fingerprint density at radius 1 is 0.722 bits per heavy atom. The first kappa shape index (κ1) is 66.4. The van der Waals surface area contributed by atoms with Gasteiger partial charge in [0, 0.05) is 77.7 Å². The molecular weight excluding hydrogens is 1230 g/mol. The quantitative estimate of drug-likeness (QED) is 0.0410. The number of aliphatic hydroxyl groups excluding tert-OH is 6. The van der Waals surface area contributed by atoms with E-state index in [1.165, 1.54) is 101 Å². The summed E-state index contributed by atoms with van der Waals surface area (Å²) in [5, 5.41) is 84.7. The van der Waals surface area contributed by atoms with Crippen molar-refractivity contribution < 1.29 is 110 Å². The Kier molecular flexibility index (Phi) is 19.5. The van der Waals surface area contributed by atoms with Crippen molar-refractivity contribution in [1.82, 2.24) is 14.3 Å². The smallest absolute Gasteiger partial charge is 0.497 e. The first-order valence-corrected chi connectivity index (χ1v) is 29.7. The fourth-order valence-corrected chi connectivity index (χ4v) is 11.4. The molecule has 0 aliphatic carbocycles. The molecule has 2 aromatic heterocycles. The molecule has 3 aliphatic heterocycles. The molecular formula is C59H67ClN6O23S. The lowest BCUT2D eigenvalue weighted by atomic mass is 9.92. The van der Waals surface area contributed by atoms with Gasteiger partial charge >= 0.3 is 22.3 Å². The van der Waals surface area contributed by atoms with E-state index in [0.717, 1.165) is 12.1 Å². The summed E-state index contributed by atoms with van der Waals surface area (Å²) in [6, 6.07) is 17.6. The molecule has 90 heavy (non-hydrogen) atoms. The van der Waals surface area contributed by atoms with Crippen LogP contribution in [0.1, 0.15) is 70.4 Å². The van der Waals surface area contributed by atoms with Crippen LogP contribution in [0, 0.1) is 10.8 Å². The summed E-state index contributed by atoms with van der Waals surface area (Å²) >= 11 is 6.61. The van der Waals surface area contributed by atoms with Gasteiger partial charge in [-0.3, -0.25) is 14.4 Å². The van der Waals surface area contributed by atoms with Gasteiger partial charge < -0.3 is 103 Å². The minimum atomic E-state index is -5.40. The van der Waals surface area contributed by atoms with Crippen molar-refractivity contribution >= 4 is 79.5 Å². The van der Waals surface area contributed by atoms with Gasteiger partial charge in [-0.25, -0.2) is 14.6 Å². The van der Waals surface area contributed by atoms with Crippen LogP contribution in [-0.4, -0.2) is 208 Å². The number of pyridine rings is 1. The largest absolute Gasteiger partial charge is 0.501 e. The van der Waals surface area contributed by atoms with E-state index in [1.807, 2.05) is 27.7 Å². The lowest BCUT2D eigenvalue weighted by molar-refractivity contribution is -0.271. The molecule has 0 radical (unpaired) electrons. The average molecular weight is 1300 g/mol. The van der Waals surface area contributed by atoms with Gasteiger partial charge in [0.15, 0.2) is 29.5 Å². The van der Waals surface area contributed by atoms with Gasteiger partial charge in [-0.15, -0.1) is 20.0 Å². The van der Waals surface area contributed by atoms with Crippen molar-refractivity contribution in [2.24, 2.45) is 16.6 Å². The predicted molar refractivity (Wildman–Crippen MR) is 316 cm³/mol. The number of alkyl halides is 1. The van der Waals surface area contributed by atoms with Crippen LogP contribution in [-0.2, 0) is 34.2 Å². The minimum Gasteiger partial charge on any atom is -0.497 e. The SMILES string of the molecule is COc1ccc2c(OS(=O)(=O)Oc3cc(C(=O)N(C)CC(C)(C)COCC(C)(C)CN)ccc3O[C@@H]3O[C@H](C(=O)O)[C@@H](O)[C@H](O)[C@H]3O)cc3c(c2c1)[C@H](CCl)CN3C(=O)c1cn2cc(NC(=O)c3ccc(O[C@@H]4O[C@H](C(=O)O)[C@@H](O)[C@H](O)[C@H]4O)cc3)ccc2n1. The van der Waals surface area contributed by atoms with Crippen molar-refractivity contribution in [2.75, 3.05) is 63.1 Å². The summed E-state index contributed by atoms with van der Waals surface area (Å²) in [6.07, 6.45) is -16.8. The summed E-state index contributed by atoms with van der Waals surface area (Å²) in [6.45, 7) is 8.69. The molecule has 11 atom stereocenters. The van der Waals surface area contributed by atoms with Crippen LogP contribution < -0.4 is 38.5 Å². The maximum atomic E-state index is 14.8. The third-order valence-electron chi connectivity index (χ3n) is 15.1. The molecule has 0 saturated carbocycles. The van der Waals surface area contributed by atoms with Gasteiger partial charge in [-0.1, -0.05) is 27.7 Å². The monoisotopic (exact) mass is 1290 g/mol. The number of carboxylic acid groups (broad SMARTS) is 2. The molecule has 6 aromatic rings. The molecule has 484 valence electrons. The Labute approximate surface area is 518 Å². The zero-order valence-corrected chi connectivity index (χ0v) is 50.7. The van der Waals surface area contributed by atoms with E-state index in [-0.39, 0.29) is 81.7 Å². The maximum absolute atomic E-state index is 14.8. The normalized spacial score (nSPS) is 23.6. The number of hydrogen-bond acceptors (Lipinski definition) is 23. The van der Waals surface area contributed by atoms with Gasteiger partial charge in [0.05, 0.1) is 31.7 Å². The number of aliphatic carboxylic acids is 2. The Morgan fingerprint density at radius 3 is 1.93 bits per heavy atom. The Morgan fingerprint density at radius 2 is 1.32 bits per heavy atom. The highest BCUT2D eigenvalue weighted by atomic mass is 35.5. The van der Waals surface area contributed by atoms with Crippen molar-refractivity contribution in [3.05, 3.63) is 114 Å². The van der Waals surface area contributed by atoms with Crippen LogP contribution in [0.25, 0.3) is 16.4 Å². The standard InChI is InChI=1S/C59H67ClN6O23S/c1-58(2,24-61)26-83-27-59(3,4)25-64(5)52(74)29-9-15-38(85-57-48(72)44(68)46(70)50(87-57)55(78)79)40(17-29)89-90(80,81)88-39-19-37-42(35-18-33(82-6)13-14-34(35)39)30(20-60)21-66(37)53(75)36-23-65-22-31(10-16-41(65)63-36)62-51(73)28-7-11-32(12-8-28)84-56-47(71)43(67)45(69)49(86-56)54(76)77/h7-19,22-23,30,43-50,56-57,67-72H,20-21,24-27,61H2,1-6H3,(H,62,73)(H,76,77)(H,78,79)/t30-,43+,44+,45+,46+,47-,48-,49+,50+,56-,57-/m1/s1. The first-order chi connectivity index (χ1) is 42.4. The summed E-state index contributed by atoms with van der Waals surface area (Å²) in [7, 11) is -2.48. The lowest BCUT2D eigenvalue weighted by Gasteiger charge is -2.38. The van der Waals surface area contributed by atoms with Crippen LogP contribution in [0.5, 0.6) is 28.7 Å². The van der Waals surface area contributed by atoms with E-state index in [1.54, 1.807) is 6.07 Å². The summed E-state index contributed by atoms with van der Waals surface area (Å²) < 4.78 is 75.1. The van der Waals surface area contributed by atoms with Crippen LogP contribution in [0.2, 0.25) is 0 Å². The van der Waals surface area contributed by atoms with Gasteiger partial charge in [-0.2, -0.15) is 0 Å². The van der Waals surface area contributed by atoms with E-state index < -0.39 is 124 Å². The summed E-state index contributed by atoms with van der Waals surface area (Å²) in [4.78, 5) is 73.1. The molecule has 2 saturated heterocycles. The molecule has 0 spiro atoms. The molecule has 3 aliphatic rings. The molecule has 29 nitrogen and oxygen atoms in total. The third kappa shape index (κ3) is 14.3. The Balaban J connectivity index is 0.978. The number of nitrogens with zero attached hydrogens (tertiary/aromatic N) is 4. The number of halogens is 1. The molecule has 0 unspecified atom stereocenters. The number of ether oxygens (including phenoxy) is 6. The van der Waals surface area contributed by atoms with Crippen molar-refractivity contribution in [2.45, 2.75) is 95.0 Å². The summed E-state index contributed by atoms with van der Waals surface area (Å²) in [5.74, 6) is -7.17. The number of aromatic nitrogens is 2. The van der Waals surface area contributed by atoms with Crippen molar-refractivity contribution in [3.63, 3.8) is 0 Å². The topological polar surface area (TPSA) is 417 Å². The van der Waals surface area contributed by atoms with Gasteiger partial charge in [0.2, 0.25) is 12.6 Å². The van der Waals surface area contributed by atoms with Crippen LogP contribution >= 0.6 is 11.6 Å². The van der Waals surface area contributed by atoms with Crippen LogP contribution in [0.4, 0.5) is 11.4 Å². The number of rotatable bonds is 23. The number of aliphatic hydroxyl groups is 6. The van der Waals surface area contributed by atoms with E-state index in [2.05, 4.69) is 10.3 Å². The molecule has 3 amide bonds. The number of fused-ring (bicyclic) bond motifs is 4. The van der Waals surface area contributed by atoms with Crippen LogP contribution in [0.15, 0.2) is 91.3 Å². The number of nitrogens with two attached hydrogens (primary N) is 1. The Bertz CT molecular complexity index is 3810. The van der Waals surface area contributed by atoms with E-state index in [4.69, 9.17) is 54.1 Å².